The van der Waals surface area contributed by atoms with Crippen LogP contribution in [0.2, 0.25) is 0 Å². The van der Waals surface area contributed by atoms with E-state index in [1.54, 1.807) is 35.1 Å². The molecule has 0 aromatic carbocycles. The number of hydrogen-bond donors (Lipinski definition) is 4. The number of thiazole rings is 1. The summed E-state index contributed by atoms with van der Waals surface area (Å²) in [5.74, 6) is -0.0560. The first-order valence-corrected chi connectivity index (χ1v) is 13.8. The van der Waals surface area contributed by atoms with Gasteiger partial charge in [0.2, 0.25) is 5.91 Å². The van der Waals surface area contributed by atoms with E-state index in [0.29, 0.717) is 19.4 Å². The molecular weight excluding hydrogens is 480 g/mol. The van der Waals surface area contributed by atoms with E-state index in [9.17, 15) is 15.0 Å². The highest BCUT2D eigenvalue weighted by Crippen LogP contribution is 2.62. The SMILES string of the molecule is CC1(CO)C(O)CCC2(C)C(CC(=O)NCc3cccs3)c3nc(Nc4cccnc4)sc3CC12. The molecule has 4 N–H and O–H groups in total. The average molecular weight is 513 g/mol. The summed E-state index contributed by atoms with van der Waals surface area (Å²) in [6.07, 6.45) is 5.39. The van der Waals surface area contributed by atoms with Crippen molar-refractivity contribution in [2.45, 2.75) is 58.1 Å². The number of nitrogens with zero attached hydrogens (tertiary/aromatic N) is 2. The molecular formula is C26H32N4O3S2. The Morgan fingerprint density at radius 3 is 2.86 bits per heavy atom. The van der Waals surface area contributed by atoms with Gasteiger partial charge in [0.25, 0.3) is 0 Å². The van der Waals surface area contributed by atoms with Gasteiger partial charge in [-0.1, -0.05) is 19.9 Å². The lowest BCUT2D eigenvalue weighted by atomic mass is 9.47. The Balaban J connectivity index is 1.47. The molecule has 3 aromatic rings. The fourth-order valence-electron chi connectivity index (χ4n) is 6.12. The Hall–Kier alpha value is -2.33. The van der Waals surface area contributed by atoms with Gasteiger partial charge in [-0.05, 0) is 54.2 Å². The monoisotopic (exact) mass is 512 g/mol. The number of pyridine rings is 1. The Bertz CT molecular complexity index is 1170. The highest BCUT2D eigenvalue weighted by Gasteiger charge is 2.59. The van der Waals surface area contributed by atoms with Crippen molar-refractivity contribution in [2.75, 3.05) is 11.9 Å². The number of amides is 1. The number of anilines is 2. The fraction of sp³-hybridized carbons (Fsp3) is 0.500. The maximum atomic E-state index is 13.2. The number of fused-ring (bicyclic) bond motifs is 2. The van der Waals surface area contributed by atoms with Crippen molar-refractivity contribution in [3.8, 4) is 0 Å². The first-order chi connectivity index (χ1) is 16.8. The summed E-state index contributed by atoms with van der Waals surface area (Å²) < 4.78 is 0. The Labute approximate surface area is 213 Å². The first kappa shape index (κ1) is 24.4. The summed E-state index contributed by atoms with van der Waals surface area (Å²) in [5, 5.41) is 30.6. The van der Waals surface area contributed by atoms with Crippen LogP contribution >= 0.6 is 22.7 Å². The van der Waals surface area contributed by atoms with Crippen LogP contribution in [0.5, 0.6) is 0 Å². The Morgan fingerprint density at radius 1 is 1.29 bits per heavy atom. The molecule has 5 atom stereocenters. The second-order valence-corrected chi connectivity index (χ2v) is 12.4. The summed E-state index contributed by atoms with van der Waals surface area (Å²) >= 11 is 3.23. The van der Waals surface area contributed by atoms with Crippen LogP contribution in [0.3, 0.4) is 0 Å². The lowest BCUT2D eigenvalue weighted by molar-refractivity contribution is -0.144. The predicted octanol–water partition coefficient (Wildman–Crippen LogP) is 4.47. The molecule has 3 aromatic heterocycles. The number of carbonyl (C=O) groups excluding carboxylic acids is 1. The van der Waals surface area contributed by atoms with Gasteiger partial charge < -0.3 is 20.8 Å². The standard InChI is InChI=1S/C26H32N4O3S2/c1-25-8-7-21(32)26(2,15-31)20(25)12-19-23(30-24(35-19)29-16-5-3-9-27-13-16)18(25)11-22(33)28-14-17-6-4-10-34-17/h3-6,9-10,13,18,20-21,31-32H,7-8,11-12,14-15H2,1-2H3,(H,28,33)(H,29,30). The van der Waals surface area contributed by atoms with Gasteiger partial charge in [0.05, 0.1) is 36.8 Å². The molecule has 7 nitrogen and oxygen atoms in total. The zero-order chi connectivity index (χ0) is 24.6. The van der Waals surface area contributed by atoms with Gasteiger partial charge >= 0.3 is 0 Å². The molecule has 3 heterocycles. The van der Waals surface area contributed by atoms with E-state index < -0.39 is 11.5 Å². The number of carbonyl (C=O) groups is 1. The summed E-state index contributed by atoms with van der Waals surface area (Å²) in [6.45, 7) is 4.66. The maximum absolute atomic E-state index is 13.2. The topological polar surface area (TPSA) is 107 Å². The number of hydrogen-bond acceptors (Lipinski definition) is 8. The third-order valence-electron chi connectivity index (χ3n) is 8.24. The van der Waals surface area contributed by atoms with Crippen LogP contribution in [0, 0.1) is 16.7 Å². The fourth-order valence-corrected chi connectivity index (χ4v) is 7.85. The van der Waals surface area contributed by atoms with Gasteiger partial charge in [0, 0.05) is 33.7 Å². The van der Waals surface area contributed by atoms with Gasteiger partial charge in [0.1, 0.15) is 0 Å². The van der Waals surface area contributed by atoms with Gasteiger partial charge in [-0.15, -0.1) is 22.7 Å². The number of aliphatic hydroxyl groups excluding tert-OH is 2. The second kappa shape index (κ2) is 9.61. The van der Waals surface area contributed by atoms with Crippen LogP contribution in [0.15, 0.2) is 42.0 Å². The predicted molar refractivity (Wildman–Crippen MR) is 139 cm³/mol. The molecule has 1 fully saturated rings. The minimum atomic E-state index is -0.628. The molecule has 0 bridgehead atoms. The summed E-state index contributed by atoms with van der Waals surface area (Å²) in [6, 6.07) is 7.83. The van der Waals surface area contributed by atoms with Gasteiger partial charge in [-0.3, -0.25) is 9.78 Å². The minimum absolute atomic E-state index is 0.00261. The maximum Gasteiger partial charge on any atom is 0.220 e. The van der Waals surface area contributed by atoms with Crippen LogP contribution in [0.4, 0.5) is 10.8 Å². The molecule has 5 rings (SSSR count). The zero-order valence-corrected chi connectivity index (χ0v) is 21.7. The van der Waals surface area contributed by atoms with Crippen molar-refractivity contribution >= 4 is 39.4 Å². The van der Waals surface area contributed by atoms with Crippen LogP contribution in [-0.4, -0.2) is 38.8 Å². The number of rotatable bonds is 7. The number of aliphatic hydroxyl groups is 2. The number of nitrogens with one attached hydrogen (secondary N) is 2. The average Bonchev–Trinajstić information content (AvgIpc) is 3.52. The van der Waals surface area contributed by atoms with Crippen LogP contribution in [0.25, 0.3) is 0 Å². The van der Waals surface area contributed by atoms with E-state index in [1.807, 2.05) is 36.6 Å². The highest BCUT2D eigenvalue weighted by molar-refractivity contribution is 7.15. The normalized spacial score (nSPS) is 29.8. The summed E-state index contributed by atoms with van der Waals surface area (Å²) in [7, 11) is 0. The molecule has 0 aliphatic heterocycles. The van der Waals surface area contributed by atoms with Crippen molar-refractivity contribution in [1.82, 2.24) is 15.3 Å². The first-order valence-electron chi connectivity index (χ1n) is 12.1. The largest absolute Gasteiger partial charge is 0.396 e. The number of aromatic nitrogens is 2. The van der Waals surface area contributed by atoms with Gasteiger partial charge in [0.15, 0.2) is 5.13 Å². The van der Waals surface area contributed by atoms with Crippen LogP contribution < -0.4 is 10.6 Å². The van der Waals surface area contributed by atoms with E-state index in [4.69, 9.17) is 4.98 Å². The molecule has 35 heavy (non-hydrogen) atoms. The third-order valence-corrected chi connectivity index (χ3v) is 10.1. The van der Waals surface area contributed by atoms with Crippen molar-refractivity contribution in [3.05, 3.63) is 57.5 Å². The molecule has 1 amide bonds. The van der Waals surface area contributed by atoms with Crippen molar-refractivity contribution in [3.63, 3.8) is 0 Å². The lowest BCUT2D eigenvalue weighted by Gasteiger charge is -2.58. The van der Waals surface area contributed by atoms with Crippen molar-refractivity contribution < 1.29 is 15.0 Å². The molecule has 186 valence electrons. The van der Waals surface area contributed by atoms with Crippen LogP contribution in [-0.2, 0) is 17.8 Å². The molecule has 2 aliphatic rings. The minimum Gasteiger partial charge on any atom is -0.396 e. The number of thiophene rings is 1. The molecule has 0 radical (unpaired) electrons. The molecule has 1 saturated carbocycles. The van der Waals surface area contributed by atoms with Crippen LogP contribution in [0.1, 0.15) is 54.5 Å². The van der Waals surface area contributed by atoms with E-state index in [-0.39, 0.29) is 29.8 Å². The Morgan fingerprint density at radius 2 is 2.14 bits per heavy atom. The Kier molecular flexibility index (Phi) is 6.69. The van der Waals surface area contributed by atoms with E-state index in [1.165, 1.54) is 0 Å². The van der Waals surface area contributed by atoms with Gasteiger partial charge in [-0.2, -0.15) is 0 Å². The molecule has 2 aliphatic carbocycles. The lowest BCUT2D eigenvalue weighted by Crippen LogP contribution is -2.57. The smallest absolute Gasteiger partial charge is 0.220 e. The molecule has 9 heteroatoms. The second-order valence-electron chi connectivity index (χ2n) is 10.3. The van der Waals surface area contributed by atoms with Crippen molar-refractivity contribution in [1.29, 1.82) is 0 Å². The summed E-state index contributed by atoms with van der Waals surface area (Å²) in [5.41, 5.74) is 0.951. The van der Waals surface area contributed by atoms with Gasteiger partial charge in [-0.25, -0.2) is 4.98 Å². The quantitative estimate of drug-likeness (QED) is 0.372. The molecule has 5 unspecified atom stereocenters. The third kappa shape index (κ3) is 4.50. The molecule has 0 saturated heterocycles. The van der Waals surface area contributed by atoms with Crippen molar-refractivity contribution in [2.24, 2.45) is 16.7 Å². The molecule has 0 spiro atoms. The van der Waals surface area contributed by atoms with E-state index in [2.05, 4.69) is 22.5 Å². The highest BCUT2D eigenvalue weighted by atomic mass is 32.1. The van der Waals surface area contributed by atoms with E-state index in [0.717, 1.165) is 39.1 Å². The zero-order valence-electron chi connectivity index (χ0n) is 20.0. The summed E-state index contributed by atoms with van der Waals surface area (Å²) in [4.78, 5) is 24.6. The van der Waals surface area contributed by atoms with E-state index >= 15 is 0 Å².